The lowest BCUT2D eigenvalue weighted by Gasteiger charge is -2.28. The third-order valence-corrected chi connectivity index (χ3v) is 3.17. The summed E-state index contributed by atoms with van der Waals surface area (Å²) in [5, 5.41) is 0.350. The molecule has 0 aliphatic carbocycles. The minimum absolute atomic E-state index is 0.143. The fourth-order valence-corrected chi connectivity index (χ4v) is 2.38. The van der Waals surface area contributed by atoms with Crippen LogP contribution in [0.1, 0.15) is 45.3 Å². The molecular weight excluding hydrogens is 266 g/mol. The van der Waals surface area contributed by atoms with E-state index in [4.69, 9.17) is 16.3 Å². The Hall–Kier alpha value is -1.36. The number of amides is 1. The predicted octanol–water partition coefficient (Wildman–Crippen LogP) is 3.20. The summed E-state index contributed by atoms with van der Waals surface area (Å²) in [7, 11) is 0. The fraction of sp³-hybridized carbons (Fsp3) is 0.615. The maximum absolute atomic E-state index is 12.2. The number of hydrogen-bond acceptors (Lipinski definition) is 4. The molecule has 1 aliphatic rings. The Morgan fingerprint density at radius 2 is 2.11 bits per heavy atom. The molecule has 1 amide bonds. The van der Waals surface area contributed by atoms with E-state index in [0.29, 0.717) is 17.4 Å². The molecule has 0 aromatic carbocycles. The second kappa shape index (κ2) is 5.33. The van der Waals surface area contributed by atoms with Gasteiger partial charge in [0.15, 0.2) is 5.15 Å². The van der Waals surface area contributed by atoms with E-state index in [1.165, 1.54) is 0 Å². The number of likely N-dealkylation sites (tertiary alicyclic amines) is 1. The number of carbonyl (C=O) groups excluding carboxylic acids is 1. The fourth-order valence-electron chi connectivity index (χ4n) is 2.15. The summed E-state index contributed by atoms with van der Waals surface area (Å²) < 4.78 is 5.41. The van der Waals surface area contributed by atoms with Gasteiger partial charge in [0.05, 0.1) is 6.04 Å². The summed E-state index contributed by atoms with van der Waals surface area (Å²) in [6, 6.07) is -0.143. The van der Waals surface area contributed by atoms with Crippen molar-refractivity contribution in [3.8, 4) is 0 Å². The van der Waals surface area contributed by atoms with Gasteiger partial charge in [-0.15, -0.1) is 0 Å². The Labute approximate surface area is 117 Å². The topological polar surface area (TPSA) is 55.3 Å². The van der Waals surface area contributed by atoms with Crippen molar-refractivity contribution in [3.05, 3.63) is 23.2 Å². The molecule has 0 spiro atoms. The van der Waals surface area contributed by atoms with Gasteiger partial charge >= 0.3 is 6.09 Å². The molecule has 0 N–H and O–H groups in total. The van der Waals surface area contributed by atoms with Crippen LogP contribution in [0.3, 0.4) is 0 Å². The number of halogens is 1. The summed E-state index contributed by atoms with van der Waals surface area (Å²) in [6.45, 7) is 6.22. The van der Waals surface area contributed by atoms with Gasteiger partial charge in [-0.05, 0) is 33.6 Å². The molecular formula is C13H18ClN3O2. The van der Waals surface area contributed by atoms with Gasteiger partial charge in [-0.25, -0.2) is 9.78 Å². The first kappa shape index (κ1) is 14.1. The summed E-state index contributed by atoms with van der Waals surface area (Å²) in [6.07, 6.45) is 4.55. The summed E-state index contributed by atoms with van der Waals surface area (Å²) in [4.78, 5) is 22.1. The Balaban J connectivity index is 2.18. The molecule has 104 valence electrons. The molecule has 0 bridgehead atoms. The van der Waals surface area contributed by atoms with Crippen molar-refractivity contribution in [2.75, 3.05) is 6.54 Å². The van der Waals surface area contributed by atoms with Crippen molar-refractivity contribution in [2.45, 2.75) is 45.3 Å². The molecule has 6 heteroatoms. The number of hydrogen-bond donors (Lipinski definition) is 0. The standard InChI is InChI=1S/C13H18ClN3O2/c1-13(2,3)19-12(18)17-8-4-5-9(17)10-11(14)16-7-6-15-10/h6-7,9H,4-5,8H2,1-3H3. The van der Waals surface area contributed by atoms with Crippen molar-refractivity contribution in [1.82, 2.24) is 14.9 Å². The van der Waals surface area contributed by atoms with Gasteiger partial charge in [-0.1, -0.05) is 11.6 Å². The zero-order chi connectivity index (χ0) is 14.0. The van der Waals surface area contributed by atoms with Crippen molar-refractivity contribution in [1.29, 1.82) is 0 Å². The summed E-state index contributed by atoms with van der Waals surface area (Å²) in [5.41, 5.74) is 0.142. The van der Waals surface area contributed by atoms with Crippen LogP contribution in [0.4, 0.5) is 4.79 Å². The van der Waals surface area contributed by atoms with E-state index in [1.807, 2.05) is 20.8 Å². The number of carbonyl (C=O) groups is 1. The van der Waals surface area contributed by atoms with Crippen LogP contribution in [-0.4, -0.2) is 33.1 Å². The van der Waals surface area contributed by atoms with E-state index < -0.39 is 5.60 Å². The van der Waals surface area contributed by atoms with Crippen LogP contribution in [0.2, 0.25) is 5.15 Å². The lowest BCUT2D eigenvalue weighted by Crippen LogP contribution is -2.36. The van der Waals surface area contributed by atoms with Crippen LogP contribution in [0.15, 0.2) is 12.4 Å². The molecule has 1 fully saturated rings. The Morgan fingerprint density at radius 1 is 1.42 bits per heavy atom. The number of rotatable bonds is 1. The van der Waals surface area contributed by atoms with Crippen molar-refractivity contribution in [2.24, 2.45) is 0 Å². The third kappa shape index (κ3) is 3.35. The smallest absolute Gasteiger partial charge is 0.410 e. The molecule has 2 heterocycles. The second-order valence-corrected chi connectivity index (χ2v) is 5.92. The van der Waals surface area contributed by atoms with Crippen molar-refractivity contribution >= 4 is 17.7 Å². The molecule has 1 unspecified atom stereocenters. The number of aromatic nitrogens is 2. The molecule has 5 nitrogen and oxygen atoms in total. The average Bonchev–Trinajstić information content (AvgIpc) is 2.76. The summed E-state index contributed by atoms with van der Waals surface area (Å²) >= 11 is 6.05. The number of nitrogens with zero attached hydrogens (tertiary/aromatic N) is 3. The Morgan fingerprint density at radius 3 is 2.74 bits per heavy atom. The van der Waals surface area contributed by atoms with E-state index in [-0.39, 0.29) is 12.1 Å². The first-order chi connectivity index (χ1) is 8.88. The van der Waals surface area contributed by atoms with Crippen molar-refractivity contribution in [3.63, 3.8) is 0 Å². The molecule has 1 aromatic heterocycles. The van der Waals surface area contributed by atoms with Gasteiger partial charge in [0.25, 0.3) is 0 Å². The quantitative estimate of drug-likeness (QED) is 0.794. The van der Waals surface area contributed by atoms with Crippen LogP contribution in [0.25, 0.3) is 0 Å². The first-order valence-corrected chi connectivity index (χ1v) is 6.72. The minimum atomic E-state index is -0.504. The second-order valence-electron chi connectivity index (χ2n) is 5.56. The molecule has 19 heavy (non-hydrogen) atoms. The van der Waals surface area contributed by atoms with E-state index in [1.54, 1.807) is 17.3 Å². The van der Waals surface area contributed by atoms with Crippen LogP contribution < -0.4 is 0 Å². The SMILES string of the molecule is CC(C)(C)OC(=O)N1CCCC1c1nccnc1Cl. The molecule has 0 radical (unpaired) electrons. The highest BCUT2D eigenvalue weighted by atomic mass is 35.5. The molecule has 2 rings (SSSR count). The van der Waals surface area contributed by atoms with Crippen LogP contribution in [0, 0.1) is 0 Å². The first-order valence-electron chi connectivity index (χ1n) is 6.34. The van der Waals surface area contributed by atoms with E-state index in [2.05, 4.69) is 9.97 Å². The van der Waals surface area contributed by atoms with E-state index in [0.717, 1.165) is 12.8 Å². The zero-order valence-electron chi connectivity index (χ0n) is 11.4. The largest absolute Gasteiger partial charge is 0.444 e. The van der Waals surface area contributed by atoms with Crippen LogP contribution in [-0.2, 0) is 4.74 Å². The Bertz CT molecular complexity index is 473. The maximum Gasteiger partial charge on any atom is 0.410 e. The average molecular weight is 284 g/mol. The normalized spacial score (nSPS) is 19.6. The molecule has 1 aromatic rings. The van der Waals surface area contributed by atoms with Crippen molar-refractivity contribution < 1.29 is 9.53 Å². The van der Waals surface area contributed by atoms with Crippen LogP contribution in [0.5, 0.6) is 0 Å². The van der Waals surface area contributed by atoms with Crippen LogP contribution >= 0.6 is 11.6 Å². The third-order valence-electron chi connectivity index (χ3n) is 2.88. The molecule has 1 aliphatic heterocycles. The lowest BCUT2D eigenvalue weighted by molar-refractivity contribution is 0.0221. The molecule has 1 atom stereocenters. The van der Waals surface area contributed by atoms with Gasteiger partial charge in [-0.2, -0.15) is 0 Å². The van der Waals surface area contributed by atoms with E-state index in [9.17, 15) is 4.79 Å². The van der Waals surface area contributed by atoms with Gasteiger partial charge in [-0.3, -0.25) is 9.88 Å². The van der Waals surface area contributed by atoms with Gasteiger partial charge in [0.2, 0.25) is 0 Å². The highest BCUT2D eigenvalue weighted by molar-refractivity contribution is 6.30. The van der Waals surface area contributed by atoms with Gasteiger partial charge in [0.1, 0.15) is 11.3 Å². The maximum atomic E-state index is 12.2. The monoisotopic (exact) mass is 283 g/mol. The van der Waals surface area contributed by atoms with Gasteiger partial charge < -0.3 is 4.74 Å². The minimum Gasteiger partial charge on any atom is -0.444 e. The highest BCUT2D eigenvalue weighted by Crippen LogP contribution is 2.34. The number of ether oxygens (including phenoxy) is 1. The predicted molar refractivity (Wildman–Crippen MR) is 72.0 cm³/mol. The lowest BCUT2D eigenvalue weighted by atomic mass is 10.1. The highest BCUT2D eigenvalue weighted by Gasteiger charge is 2.35. The summed E-state index contributed by atoms with van der Waals surface area (Å²) in [5.74, 6) is 0. The van der Waals surface area contributed by atoms with Gasteiger partial charge in [0, 0.05) is 18.9 Å². The zero-order valence-corrected chi connectivity index (χ0v) is 12.1. The molecule has 1 saturated heterocycles. The van der Waals surface area contributed by atoms with E-state index >= 15 is 0 Å². The molecule has 0 saturated carbocycles. The Kier molecular flexibility index (Phi) is 3.94.